The van der Waals surface area contributed by atoms with Gasteiger partial charge in [0.2, 0.25) is 5.78 Å². The number of aromatic nitrogens is 1. The van der Waals surface area contributed by atoms with Crippen molar-refractivity contribution in [2.45, 2.75) is 17.9 Å². The maximum Gasteiger partial charge on any atom is 0.338 e. The summed E-state index contributed by atoms with van der Waals surface area (Å²) in [6.45, 7) is 1.50. The first kappa shape index (κ1) is 23.1. The minimum Gasteiger partial charge on any atom is -0.497 e. The highest BCUT2D eigenvalue weighted by molar-refractivity contribution is 7.92. The van der Waals surface area contributed by atoms with Crippen LogP contribution in [-0.4, -0.2) is 38.4 Å². The van der Waals surface area contributed by atoms with E-state index in [2.05, 4.69) is 9.71 Å². The van der Waals surface area contributed by atoms with Gasteiger partial charge in [-0.25, -0.2) is 13.2 Å². The zero-order valence-electron chi connectivity index (χ0n) is 18.4. The third-order valence-electron chi connectivity index (χ3n) is 5.25. The summed E-state index contributed by atoms with van der Waals surface area (Å²) >= 11 is 0. The fourth-order valence-electron chi connectivity index (χ4n) is 3.42. The van der Waals surface area contributed by atoms with Crippen molar-refractivity contribution in [1.82, 2.24) is 4.98 Å². The fraction of sp³-hybridized carbons (Fsp3) is 0.120. The monoisotopic (exact) mass is 478 g/mol. The molecule has 0 radical (unpaired) electrons. The zero-order chi connectivity index (χ0) is 24.3. The van der Waals surface area contributed by atoms with Crippen LogP contribution in [0.4, 0.5) is 5.69 Å². The highest BCUT2D eigenvalue weighted by Gasteiger charge is 2.23. The van der Waals surface area contributed by atoms with E-state index in [9.17, 15) is 18.0 Å². The van der Waals surface area contributed by atoms with Gasteiger partial charge < -0.3 is 14.5 Å². The molecule has 1 atom stereocenters. The summed E-state index contributed by atoms with van der Waals surface area (Å²) < 4.78 is 38.1. The summed E-state index contributed by atoms with van der Waals surface area (Å²) in [7, 11) is -2.34. The van der Waals surface area contributed by atoms with Crippen molar-refractivity contribution in [3.8, 4) is 5.75 Å². The number of carbonyl (C=O) groups excluding carboxylic acids is 2. The second-order valence-electron chi connectivity index (χ2n) is 7.52. The number of rotatable bonds is 8. The maximum atomic E-state index is 12.8. The van der Waals surface area contributed by atoms with Gasteiger partial charge in [-0.2, -0.15) is 0 Å². The third-order valence-corrected chi connectivity index (χ3v) is 6.65. The first-order valence-electron chi connectivity index (χ1n) is 10.4. The Bertz CT molecular complexity index is 1440. The number of carbonyl (C=O) groups is 2. The predicted octanol–water partition coefficient (Wildman–Crippen LogP) is 4.41. The second-order valence-corrected chi connectivity index (χ2v) is 9.20. The number of anilines is 1. The Kier molecular flexibility index (Phi) is 6.38. The Morgan fingerprint density at radius 3 is 2.29 bits per heavy atom. The normalized spacial score (nSPS) is 12.2. The van der Waals surface area contributed by atoms with Gasteiger partial charge in [0.1, 0.15) is 5.75 Å². The van der Waals surface area contributed by atoms with Crippen molar-refractivity contribution in [2.75, 3.05) is 11.8 Å². The Morgan fingerprint density at radius 1 is 0.941 bits per heavy atom. The van der Waals surface area contributed by atoms with Crippen LogP contribution in [0.15, 0.2) is 83.9 Å². The van der Waals surface area contributed by atoms with Gasteiger partial charge in [0.25, 0.3) is 10.0 Å². The van der Waals surface area contributed by atoms with Gasteiger partial charge in [0.15, 0.2) is 6.10 Å². The van der Waals surface area contributed by atoms with Crippen molar-refractivity contribution in [3.05, 3.63) is 90.1 Å². The first-order chi connectivity index (χ1) is 16.3. The van der Waals surface area contributed by atoms with E-state index in [1.165, 1.54) is 38.3 Å². The molecule has 9 heteroatoms. The first-order valence-corrected chi connectivity index (χ1v) is 11.8. The molecule has 1 unspecified atom stereocenters. The highest BCUT2D eigenvalue weighted by atomic mass is 32.2. The summed E-state index contributed by atoms with van der Waals surface area (Å²) in [5.74, 6) is -0.468. The molecule has 1 aromatic heterocycles. The molecule has 0 aliphatic rings. The standard InChI is InChI=1S/C25H22N2O6S/c1-16(24(28)22-15-26-23-6-4-3-5-21(22)23)33-25(29)17-7-13-20(14-8-17)34(30,31)27-18-9-11-19(32-2)12-10-18/h3-16,26-27H,1-2H3. The quantitative estimate of drug-likeness (QED) is 0.286. The Hall–Kier alpha value is -4.11. The summed E-state index contributed by atoms with van der Waals surface area (Å²) in [6.07, 6.45) is 0.569. The second kappa shape index (κ2) is 9.40. The van der Waals surface area contributed by atoms with Crippen molar-refractivity contribution in [2.24, 2.45) is 0 Å². The van der Waals surface area contributed by atoms with Gasteiger partial charge in [-0.15, -0.1) is 0 Å². The average Bonchev–Trinajstić information content (AvgIpc) is 3.28. The van der Waals surface area contributed by atoms with E-state index in [0.29, 0.717) is 17.0 Å². The van der Waals surface area contributed by atoms with Crippen LogP contribution in [0.3, 0.4) is 0 Å². The predicted molar refractivity (Wildman–Crippen MR) is 128 cm³/mol. The van der Waals surface area contributed by atoms with Gasteiger partial charge in [-0.3, -0.25) is 9.52 Å². The Balaban J connectivity index is 1.43. The number of esters is 1. The molecule has 0 saturated heterocycles. The van der Waals surface area contributed by atoms with Gasteiger partial charge in [-0.05, 0) is 61.5 Å². The lowest BCUT2D eigenvalue weighted by molar-refractivity contribution is 0.0319. The van der Waals surface area contributed by atoms with Crippen LogP contribution in [-0.2, 0) is 14.8 Å². The lowest BCUT2D eigenvalue weighted by Gasteiger charge is -2.13. The SMILES string of the molecule is COc1ccc(NS(=O)(=O)c2ccc(C(=O)OC(C)C(=O)c3c[nH]c4ccccc34)cc2)cc1. The van der Waals surface area contributed by atoms with E-state index in [0.717, 1.165) is 10.9 Å². The average molecular weight is 479 g/mol. The number of methoxy groups -OCH3 is 1. The molecule has 2 N–H and O–H groups in total. The van der Waals surface area contributed by atoms with Crippen molar-refractivity contribution >= 4 is 38.4 Å². The van der Waals surface area contributed by atoms with E-state index in [-0.39, 0.29) is 16.2 Å². The van der Waals surface area contributed by atoms with Gasteiger partial charge in [0.05, 0.1) is 17.6 Å². The van der Waals surface area contributed by atoms with Crippen LogP contribution in [0, 0.1) is 0 Å². The number of para-hydroxylation sites is 1. The lowest BCUT2D eigenvalue weighted by atomic mass is 10.1. The van der Waals surface area contributed by atoms with E-state index in [4.69, 9.17) is 9.47 Å². The molecule has 0 fully saturated rings. The lowest BCUT2D eigenvalue weighted by Crippen LogP contribution is -2.24. The number of sulfonamides is 1. The van der Waals surface area contributed by atoms with Gasteiger partial charge in [0, 0.05) is 28.4 Å². The zero-order valence-corrected chi connectivity index (χ0v) is 19.3. The van der Waals surface area contributed by atoms with Crippen LogP contribution < -0.4 is 9.46 Å². The topological polar surface area (TPSA) is 115 Å². The molecule has 0 amide bonds. The summed E-state index contributed by atoms with van der Waals surface area (Å²) in [4.78, 5) is 28.3. The van der Waals surface area contributed by atoms with Crippen LogP contribution in [0.5, 0.6) is 5.75 Å². The highest BCUT2D eigenvalue weighted by Crippen LogP contribution is 2.22. The molecule has 0 aliphatic carbocycles. The van der Waals surface area contributed by atoms with E-state index >= 15 is 0 Å². The smallest absolute Gasteiger partial charge is 0.338 e. The molecular formula is C25H22N2O6S. The Labute approximate surface area is 196 Å². The van der Waals surface area contributed by atoms with Crippen molar-refractivity contribution in [3.63, 3.8) is 0 Å². The molecule has 3 aromatic carbocycles. The minimum atomic E-state index is -3.86. The van der Waals surface area contributed by atoms with Crippen LogP contribution in [0.1, 0.15) is 27.6 Å². The number of ketones is 1. The molecule has 0 spiro atoms. The van der Waals surface area contributed by atoms with Crippen LogP contribution >= 0.6 is 0 Å². The number of ether oxygens (including phenoxy) is 2. The molecule has 1 heterocycles. The number of hydrogen-bond donors (Lipinski definition) is 2. The van der Waals surface area contributed by atoms with E-state index in [1.54, 1.807) is 30.5 Å². The largest absolute Gasteiger partial charge is 0.497 e. The van der Waals surface area contributed by atoms with Gasteiger partial charge in [-0.1, -0.05) is 18.2 Å². The number of fused-ring (bicyclic) bond motifs is 1. The molecule has 0 saturated carbocycles. The molecule has 0 aliphatic heterocycles. The molecule has 4 rings (SSSR count). The molecule has 174 valence electrons. The van der Waals surface area contributed by atoms with Gasteiger partial charge >= 0.3 is 5.97 Å². The molecular weight excluding hydrogens is 456 g/mol. The maximum absolute atomic E-state index is 12.8. The summed E-state index contributed by atoms with van der Waals surface area (Å²) in [5, 5.41) is 0.745. The molecule has 0 bridgehead atoms. The number of nitrogens with one attached hydrogen (secondary N) is 2. The number of Topliss-reactive ketones (excluding diaryl/α,β-unsaturated/α-hetero) is 1. The summed E-state index contributed by atoms with van der Waals surface area (Å²) in [5.41, 5.74) is 1.74. The Morgan fingerprint density at radius 2 is 1.62 bits per heavy atom. The summed E-state index contributed by atoms with van der Waals surface area (Å²) in [6, 6.07) is 19.0. The van der Waals surface area contributed by atoms with Crippen molar-refractivity contribution in [1.29, 1.82) is 0 Å². The van der Waals surface area contributed by atoms with Crippen LogP contribution in [0.2, 0.25) is 0 Å². The molecule has 8 nitrogen and oxygen atoms in total. The van der Waals surface area contributed by atoms with E-state index in [1.807, 2.05) is 24.3 Å². The van der Waals surface area contributed by atoms with E-state index < -0.39 is 22.1 Å². The van der Waals surface area contributed by atoms with Crippen LogP contribution in [0.25, 0.3) is 10.9 Å². The fourth-order valence-corrected chi connectivity index (χ4v) is 4.48. The number of hydrogen-bond acceptors (Lipinski definition) is 6. The minimum absolute atomic E-state index is 0.0252. The third kappa shape index (κ3) is 4.79. The molecule has 34 heavy (non-hydrogen) atoms. The molecule has 4 aromatic rings. The number of aromatic amines is 1. The number of H-pyrrole nitrogens is 1. The van der Waals surface area contributed by atoms with Crippen molar-refractivity contribution < 1.29 is 27.5 Å². The number of benzene rings is 3.